The number of nitrogens with zero attached hydrogens (tertiary/aromatic N) is 2. The number of carbonyl (C=O) groups excluding carboxylic acids is 2. The van der Waals surface area contributed by atoms with E-state index in [0.717, 1.165) is 31.3 Å². The number of piperidine rings is 1. The van der Waals surface area contributed by atoms with Crippen LogP contribution in [0.25, 0.3) is 11.1 Å². The summed E-state index contributed by atoms with van der Waals surface area (Å²) >= 11 is 0. The molecule has 0 bridgehead atoms. The average Bonchev–Trinajstić information content (AvgIpc) is 3.09. The van der Waals surface area contributed by atoms with Crippen LogP contribution >= 0.6 is 0 Å². The number of likely N-dealkylation sites (tertiary alicyclic amines) is 1. The first-order valence-electron chi connectivity index (χ1n) is 14.0. The Kier molecular flexibility index (Phi) is 8.32. The maximum absolute atomic E-state index is 13.0. The Bertz CT molecular complexity index is 1570. The summed E-state index contributed by atoms with van der Waals surface area (Å²) in [5, 5.41) is 9.28. The molecule has 3 N–H and O–H groups in total. The van der Waals surface area contributed by atoms with Gasteiger partial charge in [-0.2, -0.15) is 0 Å². The number of anilines is 4. The van der Waals surface area contributed by atoms with Gasteiger partial charge in [-0.25, -0.2) is 8.42 Å². The van der Waals surface area contributed by atoms with E-state index in [1.165, 1.54) is 30.6 Å². The van der Waals surface area contributed by atoms with Crippen LogP contribution in [-0.4, -0.2) is 64.1 Å². The van der Waals surface area contributed by atoms with Gasteiger partial charge in [0.1, 0.15) is 0 Å². The summed E-state index contributed by atoms with van der Waals surface area (Å²) < 4.78 is 25.7. The molecule has 3 aromatic rings. The second-order valence-corrected chi connectivity index (χ2v) is 12.9. The van der Waals surface area contributed by atoms with Gasteiger partial charge in [0.2, 0.25) is 10.0 Å². The van der Waals surface area contributed by atoms with Crippen molar-refractivity contribution < 1.29 is 18.0 Å². The first-order chi connectivity index (χ1) is 19.6. The van der Waals surface area contributed by atoms with Crippen molar-refractivity contribution in [2.75, 3.05) is 47.9 Å². The third-order valence-electron chi connectivity index (χ3n) is 7.96. The fourth-order valence-corrected chi connectivity index (χ4v) is 6.01. The largest absolute Gasteiger partial charge is 0.353 e. The van der Waals surface area contributed by atoms with Gasteiger partial charge in [0.25, 0.3) is 11.8 Å². The Hall–Kier alpha value is -3.89. The summed E-state index contributed by atoms with van der Waals surface area (Å²) in [7, 11) is -1.96. The first kappa shape index (κ1) is 28.6. The molecule has 0 spiro atoms. The number of carbonyl (C=O) groups is 2. The fraction of sp³-hybridized carbons (Fsp3) is 0.355. The Morgan fingerprint density at radius 3 is 2.59 bits per heavy atom. The summed E-state index contributed by atoms with van der Waals surface area (Å²) in [6.45, 7) is 4.96. The molecule has 216 valence electrons. The molecule has 2 aliphatic rings. The van der Waals surface area contributed by atoms with Crippen LogP contribution in [0.3, 0.4) is 0 Å². The Morgan fingerprint density at radius 2 is 1.80 bits per heavy atom. The predicted octanol–water partition coefficient (Wildman–Crippen LogP) is 5.05. The van der Waals surface area contributed by atoms with Gasteiger partial charge in [-0.3, -0.25) is 13.9 Å². The van der Waals surface area contributed by atoms with Crippen molar-refractivity contribution in [3.05, 3.63) is 71.8 Å². The van der Waals surface area contributed by atoms with Crippen molar-refractivity contribution in [2.45, 2.75) is 38.6 Å². The molecular formula is C31H37N5O4S. The van der Waals surface area contributed by atoms with Crippen LogP contribution in [0.15, 0.2) is 60.7 Å². The number of nitrogens with one attached hydrogen (secondary N) is 3. The quantitative estimate of drug-likeness (QED) is 0.324. The van der Waals surface area contributed by atoms with Crippen molar-refractivity contribution in [1.82, 2.24) is 10.2 Å². The minimum atomic E-state index is -3.47. The average molecular weight is 576 g/mol. The van der Waals surface area contributed by atoms with Crippen LogP contribution in [0, 0.1) is 0 Å². The number of para-hydroxylation sites is 1. The molecule has 1 saturated heterocycles. The molecule has 5 rings (SSSR count). The van der Waals surface area contributed by atoms with Crippen molar-refractivity contribution in [3.63, 3.8) is 0 Å². The Balaban J connectivity index is 1.34. The number of rotatable bonds is 8. The summed E-state index contributed by atoms with van der Waals surface area (Å²) in [6.07, 6.45) is 5.82. The second-order valence-electron chi connectivity index (χ2n) is 10.8. The molecule has 0 aromatic heterocycles. The van der Waals surface area contributed by atoms with E-state index in [1.54, 1.807) is 42.5 Å². The van der Waals surface area contributed by atoms with Crippen LogP contribution in [0.1, 0.15) is 53.3 Å². The van der Waals surface area contributed by atoms with Gasteiger partial charge in [-0.15, -0.1) is 0 Å². The van der Waals surface area contributed by atoms with Gasteiger partial charge in [-0.05, 0) is 74.7 Å². The zero-order valence-electron chi connectivity index (χ0n) is 23.7. The molecule has 1 unspecified atom stereocenters. The highest BCUT2D eigenvalue weighted by atomic mass is 32.2. The van der Waals surface area contributed by atoms with Gasteiger partial charge in [0.15, 0.2) is 0 Å². The Morgan fingerprint density at radius 1 is 1.00 bits per heavy atom. The lowest BCUT2D eigenvalue weighted by molar-refractivity contribution is 0.0948. The number of benzene rings is 3. The third kappa shape index (κ3) is 6.39. The summed E-state index contributed by atoms with van der Waals surface area (Å²) in [4.78, 5) is 28.5. The van der Waals surface area contributed by atoms with E-state index >= 15 is 0 Å². The maximum Gasteiger partial charge on any atom is 0.257 e. The first-order valence-corrected chi connectivity index (χ1v) is 15.9. The number of hydrogen-bond acceptors (Lipinski definition) is 6. The zero-order chi connectivity index (χ0) is 29.1. The molecule has 0 radical (unpaired) electrons. The molecule has 1 fully saturated rings. The third-order valence-corrected chi connectivity index (χ3v) is 9.16. The monoisotopic (exact) mass is 575 g/mol. The van der Waals surface area contributed by atoms with Crippen LogP contribution < -0.4 is 20.3 Å². The van der Waals surface area contributed by atoms with E-state index in [1.807, 2.05) is 18.2 Å². The fourth-order valence-electron chi connectivity index (χ4n) is 5.49. The second kappa shape index (κ2) is 11.9. The van der Waals surface area contributed by atoms with E-state index in [2.05, 4.69) is 27.8 Å². The molecule has 0 aliphatic carbocycles. The zero-order valence-corrected chi connectivity index (χ0v) is 24.6. The lowest BCUT2D eigenvalue weighted by atomic mass is 10.0. The molecule has 9 nitrogen and oxygen atoms in total. The van der Waals surface area contributed by atoms with E-state index in [4.69, 9.17) is 0 Å². The van der Waals surface area contributed by atoms with E-state index in [0.29, 0.717) is 52.0 Å². The smallest absolute Gasteiger partial charge is 0.257 e. The van der Waals surface area contributed by atoms with E-state index < -0.39 is 10.0 Å². The summed E-state index contributed by atoms with van der Waals surface area (Å²) in [5.74, 6) is -0.438. The minimum absolute atomic E-state index is 0.163. The van der Waals surface area contributed by atoms with Crippen molar-refractivity contribution in [2.24, 2.45) is 0 Å². The minimum Gasteiger partial charge on any atom is -0.353 e. The maximum atomic E-state index is 13.0. The highest BCUT2D eigenvalue weighted by molar-refractivity contribution is 7.92. The molecule has 0 saturated carbocycles. The van der Waals surface area contributed by atoms with Crippen LogP contribution in [0.2, 0.25) is 0 Å². The van der Waals surface area contributed by atoms with Gasteiger partial charge >= 0.3 is 0 Å². The number of amides is 2. The van der Waals surface area contributed by atoms with Crippen molar-refractivity contribution in [3.8, 4) is 11.1 Å². The molecule has 41 heavy (non-hydrogen) atoms. The molecule has 3 aromatic carbocycles. The topological polar surface area (TPSA) is 111 Å². The molecular weight excluding hydrogens is 538 g/mol. The summed E-state index contributed by atoms with van der Waals surface area (Å²) in [6, 6.07) is 18.3. The lowest BCUT2D eigenvalue weighted by Crippen LogP contribution is -2.39. The normalized spacial score (nSPS) is 17.0. The molecule has 2 aliphatic heterocycles. The van der Waals surface area contributed by atoms with Gasteiger partial charge in [-0.1, -0.05) is 30.7 Å². The predicted molar refractivity (Wildman–Crippen MR) is 165 cm³/mol. The summed E-state index contributed by atoms with van der Waals surface area (Å²) in [5.41, 5.74) is 4.66. The standard InChI is InChI=1S/C31H37N5O4S/c1-21-9-6-7-17-36(21)18-8-16-32-30(37)23-13-15-26-28(20-23)33-27-19-22(12-14-25(27)31(38)34-26)24-10-4-5-11-29(24)35(2)41(3,39)40/h4-5,10-15,19-21,33H,6-9,16-18H2,1-3H3,(H,32,37)(H,34,38). The lowest BCUT2D eigenvalue weighted by Gasteiger charge is -2.33. The van der Waals surface area contributed by atoms with Crippen LogP contribution in [-0.2, 0) is 10.0 Å². The van der Waals surface area contributed by atoms with E-state index in [-0.39, 0.29) is 11.8 Å². The number of sulfonamides is 1. The molecule has 2 amide bonds. The van der Waals surface area contributed by atoms with Crippen LogP contribution in [0.5, 0.6) is 0 Å². The SMILES string of the molecule is CC1CCCCN1CCCNC(=O)c1ccc2c(c1)Nc1cc(-c3ccccc3N(C)S(C)(=O)=O)ccc1C(=O)N2. The van der Waals surface area contributed by atoms with Gasteiger partial charge < -0.3 is 20.9 Å². The highest BCUT2D eigenvalue weighted by Crippen LogP contribution is 2.38. The number of fused-ring (bicyclic) bond motifs is 2. The highest BCUT2D eigenvalue weighted by Gasteiger charge is 2.23. The van der Waals surface area contributed by atoms with Gasteiger partial charge in [0.05, 0.1) is 34.6 Å². The Labute approximate surface area is 242 Å². The van der Waals surface area contributed by atoms with Crippen molar-refractivity contribution in [1.29, 1.82) is 0 Å². The molecule has 10 heteroatoms. The molecule has 2 heterocycles. The van der Waals surface area contributed by atoms with Crippen molar-refractivity contribution >= 4 is 44.6 Å². The van der Waals surface area contributed by atoms with E-state index in [9.17, 15) is 18.0 Å². The van der Waals surface area contributed by atoms with Crippen LogP contribution in [0.4, 0.5) is 22.7 Å². The molecule has 1 atom stereocenters. The van der Waals surface area contributed by atoms with Gasteiger partial charge in [0, 0.05) is 37.3 Å². The number of hydrogen-bond donors (Lipinski definition) is 3.